The van der Waals surface area contributed by atoms with Crippen LogP contribution in [0.25, 0.3) is 0 Å². The van der Waals surface area contributed by atoms with E-state index < -0.39 is 5.97 Å². The van der Waals surface area contributed by atoms with Crippen molar-refractivity contribution in [3.63, 3.8) is 0 Å². The summed E-state index contributed by atoms with van der Waals surface area (Å²) in [5, 5.41) is 8.89. The number of esters is 1. The highest BCUT2D eigenvalue weighted by Crippen LogP contribution is 2.40. The molecule has 0 saturated heterocycles. The highest BCUT2D eigenvalue weighted by molar-refractivity contribution is 5.87. The van der Waals surface area contributed by atoms with Crippen molar-refractivity contribution in [2.24, 2.45) is 17.8 Å². The van der Waals surface area contributed by atoms with Gasteiger partial charge < -0.3 is 9.84 Å². The lowest BCUT2D eigenvalue weighted by Gasteiger charge is -2.35. The Bertz CT molecular complexity index is 564. The van der Waals surface area contributed by atoms with Crippen LogP contribution in [0.3, 0.4) is 0 Å². The van der Waals surface area contributed by atoms with Crippen molar-refractivity contribution in [3.8, 4) is 5.75 Å². The van der Waals surface area contributed by atoms with Gasteiger partial charge in [0.15, 0.2) is 0 Å². The molecule has 1 aromatic rings. The number of carbonyl (C=O) groups excluding carboxylic acids is 1. The van der Waals surface area contributed by atoms with Crippen LogP contribution in [0.15, 0.2) is 24.3 Å². The molecule has 0 aliphatic heterocycles. The maximum Gasteiger partial charge on any atom is 0.335 e. The molecule has 0 bridgehead atoms. The molecule has 0 spiro atoms. The van der Waals surface area contributed by atoms with E-state index in [2.05, 4.69) is 0 Å². The average molecular weight is 330 g/mol. The average Bonchev–Trinajstić information content (AvgIpc) is 2.63. The minimum atomic E-state index is -0.978. The van der Waals surface area contributed by atoms with Crippen LogP contribution in [0.1, 0.15) is 68.1 Å². The summed E-state index contributed by atoms with van der Waals surface area (Å²) in [5.74, 6) is 0.945. The molecule has 2 aliphatic rings. The Balaban J connectivity index is 1.48. The molecule has 3 rings (SSSR count). The van der Waals surface area contributed by atoms with E-state index >= 15 is 0 Å². The van der Waals surface area contributed by atoms with Crippen LogP contribution in [0, 0.1) is 17.8 Å². The number of benzene rings is 1. The van der Waals surface area contributed by atoms with E-state index in [0.29, 0.717) is 5.75 Å². The second-order valence-corrected chi connectivity index (χ2v) is 7.26. The molecule has 0 heterocycles. The Kier molecular flexibility index (Phi) is 5.54. The summed E-state index contributed by atoms with van der Waals surface area (Å²) in [5.41, 5.74) is 0.197. The number of ether oxygens (including phenoxy) is 1. The third kappa shape index (κ3) is 4.16. The standard InChI is InChI=1S/C20H26O4/c21-19(22)16-10-12-18(13-11-16)24-20(23)17-8-6-15(7-9-17)14-4-2-1-3-5-14/h10-15,17H,1-9H2,(H,21,22). The van der Waals surface area contributed by atoms with Gasteiger partial charge in [-0.3, -0.25) is 4.79 Å². The van der Waals surface area contributed by atoms with E-state index in [1.807, 2.05) is 0 Å². The zero-order valence-electron chi connectivity index (χ0n) is 14.1. The SMILES string of the molecule is O=C(O)c1ccc(OC(=O)C2CCC(C3CCCCC3)CC2)cc1. The van der Waals surface area contributed by atoms with Crippen LogP contribution < -0.4 is 4.74 Å². The van der Waals surface area contributed by atoms with Crippen molar-refractivity contribution < 1.29 is 19.4 Å². The molecule has 0 amide bonds. The molecular weight excluding hydrogens is 304 g/mol. The number of carbonyl (C=O) groups is 2. The Morgan fingerprint density at radius 3 is 2.00 bits per heavy atom. The van der Waals surface area contributed by atoms with Gasteiger partial charge in [0.25, 0.3) is 0 Å². The lowest BCUT2D eigenvalue weighted by atomic mass is 9.71. The number of carboxylic acids is 1. The fourth-order valence-corrected chi connectivity index (χ4v) is 4.30. The molecule has 4 nitrogen and oxygen atoms in total. The molecular formula is C20H26O4. The van der Waals surface area contributed by atoms with Crippen LogP contribution in [0.4, 0.5) is 0 Å². The van der Waals surface area contributed by atoms with Crippen LogP contribution >= 0.6 is 0 Å². The van der Waals surface area contributed by atoms with Gasteiger partial charge in [0.05, 0.1) is 11.5 Å². The smallest absolute Gasteiger partial charge is 0.335 e. The van der Waals surface area contributed by atoms with Gasteiger partial charge >= 0.3 is 11.9 Å². The van der Waals surface area contributed by atoms with E-state index in [0.717, 1.165) is 37.5 Å². The second-order valence-electron chi connectivity index (χ2n) is 7.26. The first-order chi connectivity index (χ1) is 11.6. The van der Waals surface area contributed by atoms with E-state index in [1.54, 1.807) is 12.1 Å². The molecule has 0 atom stereocenters. The van der Waals surface area contributed by atoms with Gasteiger partial charge in [0.1, 0.15) is 5.75 Å². The number of carboxylic acid groups (broad SMARTS) is 1. The van der Waals surface area contributed by atoms with Gasteiger partial charge in [-0.05, 0) is 61.8 Å². The van der Waals surface area contributed by atoms with Gasteiger partial charge in [-0.2, -0.15) is 0 Å². The first kappa shape index (κ1) is 17.0. The Morgan fingerprint density at radius 1 is 0.833 bits per heavy atom. The molecule has 0 radical (unpaired) electrons. The molecule has 1 N–H and O–H groups in total. The highest BCUT2D eigenvalue weighted by atomic mass is 16.5. The van der Waals surface area contributed by atoms with Crippen molar-refractivity contribution in [2.75, 3.05) is 0 Å². The van der Waals surface area contributed by atoms with E-state index in [-0.39, 0.29) is 17.5 Å². The van der Waals surface area contributed by atoms with E-state index in [1.165, 1.54) is 44.2 Å². The lowest BCUT2D eigenvalue weighted by molar-refractivity contribution is -0.140. The normalized spacial score (nSPS) is 25.2. The Labute approximate surface area is 143 Å². The Morgan fingerprint density at radius 2 is 1.42 bits per heavy atom. The molecule has 0 unspecified atom stereocenters. The summed E-state index contributed by atoms with van der Waals surface area (Å²) in [6.07, 6.45) is 11.0. The molecule has 130 valence electrons. The van der Waals surface area contributed by atoms with Crippen LogP contribution in [-0.4, -0.2) is 17.0 Å². The second kappa shape index (κ2) is 7.82. The minimum Gasteiger partial charge on any atom is -0.478 e. The monoisotopic (exact) mass is 330 g/mol. The summed E-state index contributed by atoms with van der Waals surface area (Å²) in [4.78, 5) is 23.2. The zero-order valence-corrected chi connectivity index (χ0v) is 14.1. The quantitative estimate of drug-likeness (QED) is 0.643. The number of hydrogen-bond donors (Lipinski definition) is 1. The van der Waals surface area contributed by atoms with Gasteiger partial charge in [-0.1, -0.05) is 32.1 Å². The first-order valence-electron chi connectivity index (χ1n) is 9.18. The zero-order chi connectivity index (χ0) is 16.9. The maximum absolute atomic E-state index is 12.3. The van der Waals surface area contributed by atoms with Crippen molar-refractivity contribution in [1.29, 1.82) is 0 Å². The fourth-order valence-electron chi connectivity index (χ4n) is 4.30. The summed E-state index contributed by atoms with van der Waals surface area (Å²) in [6.45, 7) is 0. The highest BCUT2D eigenvalue weighted by Gasteiger charge is 2.32. The topological polar surface area (TPSA) is 63.6 Å². The molecule has 1 aromatic carbocycles. The summed E-state index contributed by atoms with van der Waals surface area (Å²) in [7, 11) is 0. The van der Waals surface area contributed by atoms with E-state index in [4.69, 9.17) is 9.84 Å². The number of aromatic carboxylic acids is 1. The predicted molar refractivity (Wildman–Crippen MR) is 91.1 cm³/mol. The molecule has 2 fully saturated rings. The largest absolute Gasteiger partial charge is 0.478 e. The lowest BCUT2D eigenvalue weighted by Crippen LogP contribution is -2.29. The molecule has 2 aliphatic carbocycles. The third-order valence-electron chi connectivity index (χ3n) is 5.74. The number of rotatable bonds is 4. The van der Waals surface area contributed by atoms with Gasteiger partial charge in [-0.25, -0.2) is 4.79 Å². The summed E-state index contributed by atoms with van der Waals surface area (Å²) >= 11 is 0. The first-order valence-corrected chi connectivity index (χ1v) is 9.18. The van der Waals surface area contributed by atoms with Crippen LogP contribution in [-0.2, 0) is 4.79 Å². The maximum atomic E-state index is 12.3. The van der Waals surface area contributed by atoms with Crippen LogP contribution in [0.5, 0.6) is 5.75 Å². The summed E-state index contributed by atoms with van der Waals surface area (Å²) < 4.78 is 5.44. The van der Waals surface area contributed by atoms with E-state index in [9.17, 15) is 9.59 Å². The minimum absolute atomic E-state index is 0.0102. The van der Waals surface area contributed by atoms with Gasteiger partial charge in [0, 0.05) is 0 Å². The van der Waals surface area contributed by atoms with Gasteiger partial charge in [0.2, 0.25) is 0 Å². The molecule has 4 heteroatoms. The Hall–Kier alpha value is -1.84. The van der Waals surface area contributed by atoms with Crippen molar-refractivity contribution in [1.82, 2.24) is 0 Å². The fraction of sp³-hybridized carbons (Fsp3) is 0.600. The van der Waals surface area contributed by atoms with Crippen molar-refractivity contribution >= 4 is 11.9 Å². The number of hydrogen-bond acceptors (Lipinski definition) is 3. The molecule has 2 saturated carbocycles. The van der Waals surface area contributed by atoms with Crippen LogP contribution in [0.2, 0.25) is 0 Å². The molecule has 0 aromatic heterocycles. The van der Waals surface area contributed by atoms with Gasteiger partial charge in [-0.15, -0.1) is 0 Å². The third-order valence-corrected chi connectivity index (χ3v) is 5.74. The van der Waals surface area contributed by atoms with Crippen molar-refractivity contribution in [2.45, 2.75) is 57.8 Å². The predicted octanol–water partition coefficient (Wildman–Crippen LogP) is 4.68. The van der Waals surface area contributed by atoms with Crippen molar-refractivity contribution in [3.05, 3.63) is 29.8 Å². The molecule has 24 heavy (non-hydrogen) atoms. The summed E-state index contributed by atoms with van der Waals surface area (Å²) in [6, 6.07) is 6.03.